The smallest absolute Gasteiger partial charge is 0.316 e. The van der Waals surface area contributed by atoms with E-state index >= 15 is 4.79 Å². The first-order chi connectivity index (χ1) is 31.6. The zero-order valence-electron chi connectivity index (χ0n) is 35.7. The summed E-state index contributed by atoms with van der Waals surface area (Å²) < 4.78 is 17.4. The van der Waals surface area contributed by atoms with Crippen LogP contribution in [-0.2, 0) is 18.9 Å². The van der Waals surface area contributed by atoms with Crippen molar-refractivity contribution in [2.45, 2.75) is 12.1 Å². The molecule has 0 N–H and O–H groups in total. The van der Waals surface area contributed by atoms with E-state index in [9.17, 15) is 4.43 Å². The van der Waals surface area contributed by atoms with Crippen molar-refractivity contribution in [3.05, 3.63) is 284 Å². The van der Waals surface area contributed by atoms with Gasteiger partial charge >= 0.3 is 7.83 Å². The van der Waals surface area contributed by atoms with Gasteiger partial charge in [-0.05, 0) is 26.7 Å². The van der Waals surface area contributed by atoms with E-state index in [1.807, 2.05) is 0 Å². The maximum absolute atomic E-state index is 15.2. The fourth-order valence-corrected chi connectivity index (χ4v) is 86.3. The third kappa shape index (κ3) is 5.89. The Morgan fingerprint density at radius 2 is 0.594 bits per heavy atom. The number of hydrogen-bond acceptors (Lipinski definition) is 3. The Balaban J connectivity index is 1.67. The van der Waals surface area contributed by atoms with Gasteiger partial charge in [0.1, 0.15) is 5.22 Å². The molecule has 1 aliphatic heterocycles. The van der Waals surface area contributed by atoms with Crippen molar-refractivity contribution in [3.63, 3.8) is 0 Å². The predicted molar refractivity (Wildman–Crippen MR) is 272 cm³/mol. The Bertz CT molecular complexity index is 2790. The lowest BCUT2D eigenvalue weighted by Gasteiger charge is -2.71. The highest BCUT2D eigenvalue weighted by Gasteiger charge is 2.90. The molecule has 0 spiro atoms. The minimum atomic E-state index is -4.34. The molecule has 0 amide bonds. The van der Waals surface area contributed by atoms with E-state index in [1.54, 1.807) is 6.92 Å². The summed E-state index contributed by atoms with van der Waals surface area (Å²) in [5, 5.41) is 7.01. The number of benzene rings is 9. The quantitative estimate of drug-likeness (QED) is 0.134. The van der Waals surface area contributed by atoms with Crippen LogP contribution in [0.5, 0.6) is 0 Å². The summed E-state index contributed by atoms with van der Waals surface area (Å²) in [5.41, 5.74) is 1.93. The normalized spacial score (nSPS) is 18.0. The lowest BCUT2D eigenvalue weighted by Crippen LogP contribution is -3.12. The molecule has 1 atom stereocenters. The summed E-state index contributed by atoms with van der Waals surface area (Å²) >= 11 is 0. The molecule has 1 aliphatic rings. The first-order valence-electron chi connectivity index (χ1n) is 22.0. The highest BCUT2D eigenvalue weighted by atomic mass is 29.8. The van der Waals surface area contributed by atoms with Gasteiger partial charge in [0.25, 0.3) is 13.8 Å². The highest BCUT2D eigenvalue weighted by Crippen LogP contribution is 2.55. The van der Waals surface area contributed by atoms with Gasteiger partial charge in [-0.3, -0.25) is 4.79 Å². The Morgan fingerprint density at radius 1 is 0.344 bits per heavy atom. The topological polar surface area (TPSA) is 35.5 Å². The van der Waals surface area contributed by atoms with E-state index < -0.39 is 35.1 Å². The Labute approximate surface area is 380 Å². The second-order valence-corrected chi connectivity index (χ2v) is 43.6. The standard InChI is InChI=1S/C57H48O3Si4/c1-47(58)59-64(56-45-27-10-28-46-56)57(48-29-11-2-12-30-48,49-31-13-3-14-32-49)60-61(50-33-15-4-16-34-50,51-35-17-5-18-36-51)62(52-37-19-6-20-38-52,53-39-21-7-22-40-53)63(64,54-41-23-8-24-42-54)55-43-25-9-26-44-55/h2-46H,1H3. The van der Waals surface area contributed by atoms with Crippen LogP contribution in [0.15, 0.2) is 273 Å². The molecule has 0 saturated carbocycles. The molecular formula is C57H48O3Si4. The van der Waals surface area contributed by atoms with Gasteiger partial charge in [0.05, 0.1) is 0 Å². The molecule has 9 aromatic rings. The molecule has 1 unspecified atom stereocenters. The van der Waals surface area contributed by atoms with Gasteiger partial charge in [0, 0.05) is 6.92 Å². The summed E-state index contributed by atoms with van der Waals surface area (Å²) in [4.78, 5) is 15.2. The van der Waals surface area contributed by atoms with Crippen molar-refractivity contribution in [2.24, 2.45) is 0 Å². The van der Waals surface area contributed by atoms with Gasteiger partial charge in [-0.25, -0.2) is 0 Å². The largest absolute Gasteiger partial charge is 0.514 e. The van der Waals surface area contributed by atoms with Crippen LogP contribution in [-0.4, -0.2) is 35.9 Å². The summed E-state index contributed by atoms with van der Waals surface area (Å²) in [6.07, 6.45) is 0. The maximum atomic E-state index is 15.2. The second kappa shape index (κ2) is 17.1. The zero-order valence-corrected chi connectivity index (χ0v) is 39.7. The molecule has 9 aromatic carbocycles. The average Bonchev–Trinajstić information content (AvgIpc) is 3.38. The fourth-order valence-electron chi connectivity index (χ4n) is 11.6. The molecule has 7 heteroatoms. The van der Waals surface area contributed by atoms with Crippen molar-refractivity contribution in [1.82, 2.24) is 0 Å². The molecule has 0 aromatic heterocycles. The highest BCUT2D eigenvalue weighted by molar-refractivity contribution is 7.98. The molecule has 64 heavy (non-hydrogen) atoms. The van der Waals surface area contributed by atoms with Crippen LogP contribution in [0.1, 0.15) is 18.1 Å². The van der Waals surface area contributed by atoms with Gasteiger partial charge in [-0.15, -0.1) is 0 Å². The van der Waals surface area contributed by atoms with Crippen molar-refractivity contribution in [1.29, 1.82) is 0 Å². The number of rotatable bonds is 10. The molecule has 0 aliphatic carbocycles. The maximum Gasteiger partial charge on any atom is 0.316 e. The van der Waals surface area contributed by atoms with Crippen LogP contribution < -0.4 is 36.3 Å². The molecule has 10 rings (SSSR count). The molecule has 1 fully saturated rings. The average molecular weight is 893 g/mol. The van der Waals surface area contributed by atoms with Crippen LogP contribution >= 0.6 is 0 Å². The first kappa shape index (κ1) is 41.3. The lowest BCUT2D eigenvalue weighted by atomic mass is 10.0. The third-order valence-electron chi connectivity index (χ3n) is 13.4. The van der Waals surface area contributed by atoms with E-state index in [0.29, 0.717) is 0 Å². The van der Waals surface area contributed by atoms with Gasteiger partial charge in [0.2, 0.25) is 0 Å². The molecule has 1 heterocycles. The fraction of sp³-hybridized carbons (Fsp3) is 0.0351. The minimum absolute atomic E-state index is 0.322. The lowest BCUT2D eigenvalue weighted by molar-refractivity contribution is -0.133. The van der Waals surface area contributed by atoms with Crippen molar-refractivity contribution in [3.8, 4) is 0 Å². The second-order valence-electron chi connectivity index (χ2n) is 16.5. The predicted octanol–water partition coefficient (Wildman–Crippen LogP) is 7.44. The summed E-state index contributed by atoms with van der Waals surface area (Å²) in [6.45, 7) is 1.62. The van der Waals surface area contributed by atoms with E-state index in [1.165, 1.54) is 31.1 Å². The van der Waals surface area contributed by atoms with Crippen LogP contribution in [0.4, 0.5) is 0 Å². The summed E-state index contributed by atoms with van der Waals surface area (Å²) in [5.74, 6) is -0.322. The molecular weight excluding hydrogens is 845 g/mol. The van der Waals surface area contributed by atoms with Gasteiger partial charge in [-0.2, -0.15) is 0 Å². The SMILES string of the molecule is CC(=O)O[Si]1(c2ccccc2)C(c2ccccc2)(c2ccccc2)O[Si](c2ccccc2)(c2ccccc2)[Si](c2ccccc2)(c2ccccc2)[Si]1(c1ccccc1)c1ccccc1. The van der Waals surface area contributed by atoms with Crippen LogP contribution in [0.3, 0.4) is 0 Å². The number of carbonyl (C=O) groups is 1. The van der Waals surface area contributed by atoms with E-state index in [0.717, 1.165) is 16.3 Å². The van der Waals surface area contributed by atoms with E-state index in [4.69, 9.17) is 4.43 Å². The summed E-state index contributed by atoms with van der Waals surface area (Å²) in [6, 6.07) is 100. The van der Waals surface area contributed by atoms with Crippen molar-refractivity contribution < 1.29 is 13.6 Å². The zero-order chi connectivity index (χ0) is 43.5. The van der Waals surface area contributed by atoms with Crippen molar-refractivity contribution in [2.75, 3.05) is 0 Å². The van der Waals surface area contributed by atoms with E-state index in [-0.39, 0.29) is 5.97 Å². The van der Waals surface area contributed by atoms with Crippen LogP contribution in [0, 0.1) is 0 Å². The monoisotopic (exact) mass is 892 g/mol. The Morgan fingerprint density at radius 3 is 0.891 bits per heavy atom. The molecule has 1 saturated heterocycles. The Kier molecular flexibility index (Phi) is 11.0. The molecule has 310 valence electrons. The third-order valence-corrected chi connectivity index (χ3v) is 64.2. The van der Waals surface area contributed by atoms with Gasteiger partial charge < -0.3 is 8.85 Å². The van der Waals surface area contributed by atoms with Crippen molar-refractivity contribution >= 4 is 72.2 Å². The number of hydrogen-bond donors (Lipinski definition) is 0. The molecule has 0 bridgehead atoms. The molecule has 0 radical (unpaired) electrons. The minimum Gasteiger partial charge on any atom is -0.514 e. The summed E-state index contributed by atoms with van der Waals surface area (Å²) in [7, 11) is -16.1. The Hall–Kier alpha value is -6.72. The van der Waals surface area contributed by atoms with Crippen LogP contribution in [0.25, 0.3) is 0 Å². The van der Waals surface area contributed by atoms with E-state index in [2.05, 4.69) is 273 Å². The van der Waals surface area contributed by atoms with Gasteiger partial charge in [-0.1, -0.05) is 294 Å². The molecule has 3 nitrogen and oxygen atoms in total. The van der Waals surface area contributed by atoms with Crippen LogP contribution in [0.2, 0.25) is 0 Å². The van der Waals surface area contributed by atoms with Gasteiger partial charge in [0.15, 0.2) is 14.2 Å². The number of carbonyl (C=O) groups excluding carboxylic acids is 1. The first-order valence-corrected chi connectivity index (χ1v) is 32.8.